The van der Waals surface area contributed by atoms with Gasteiger partial charge in [0.2, 0.25) is 0 Å². The van der Waals surface area contributed by atoms with E-state index >= 15 is 0 Å². The average molecular weight is 226 g/mol. The van der Waals surface area contributed by atoms with Crippen molar-refractivity contribution in [1.29, 1.82) is 0 Å². The summed E-state index contributed by atoms with van der Waals surface area (Å²) in [5, 5.41) is 3.01. The SMILES string of the molecule is CNCc1coc(OCC2CCOCC2)n1. The molecule has 0 aliphatic carbocycles. The zero-order chi connectivity index (χ0) is 11.2. The van der Waals surface area contributed by atoms with Crippen LogP contribution >= 0.6 is 0 Å². The highest BCUT2D eigenvalue weighted by Gasteiger charge is 2.15. The molecule has 1 aromatic rings. The van der Waals surface area contributed by atoms with Crippen molar-refractivity contribution < 1.29 is 13.9 Å². The largest absolute Gasteiger partial charge is 0.450 e. The molecule has 1 aliphatic rings. The summed E-state index contributed by atoms with van der Waals surface area (Å²) in [5.41, 5.74) is 0.865. The zero-order valence-electron chi connectivity index (χ0n) is 9.57. The summed E-state index contributed by atoms with van der Waals surface area (Å²) in [5.74, 6) is 0.563. The maximum absolute atomic E-state index is 5.51. The number of rotatable bonds is 5. The van der Waals surface area contributed by atoms with E-state index in [1.165, 1.54) is 0 Å². The maximum atomic E-state index is 5.51. The molecular formula is C11H18N2O3. The Labute approximate surface area is 95.1 Å². The molecular weight excluding hydrogens is 208 g/mol. The molecule has 0 spiro atoms. The van der Waals surface area contributed by atoms with Gasteiger partial charge in [0.1, 0.15) is 6.26 Å². The van der Waals surface area contributed by atoms with Crippen LogP contribution in [-0.2, 0) is 11.3 Å². The predicted molar refractivity (Wildman–Crippen MR) is 58.3 cm³/mol. The first-order chi connectivity index (χ1) is 7.88. The van der Waals surface area contributed by atoms with Gasteiger partial charge in [-0.2, -0.15) is 4.98 Å². The summed E-state index contributed by atoms with van der Waals surface area (Å²) in [6, 6.07) is 0. The fourth-order valence-electron chi connectivity index (χ4n) is 1.72. The van der Waals surface area contributed by atoms with Crippen LogP contribution in [0, 0.1) is 5.92 Å². The van der Waals surface area contributed by atoms with E-state index < -0.39 is 0 Å². The second-order valence-corrected chi connectivity index (χ2v) is 4.00. The summed E-state index contributed by atoms with van der Waals surface area (Å²) in [4.78, 5) is 4.20. The van der Waals surface area contributed by atoms with Gasteiger partial charge in [0.15, 0.2) is 0 Å². The summed E-state index contributed by atoms with van der Waals surface area (Å²) >= 11 is 0. The zero-order valence-corrected chi connectivity index (χ0v) is 9.57. The topological polar surface area (TPSA) is 56.5 Å². The molecule has 0 saturated carbocycles. The van der Waals surface area contributed by atoms with Crippen LogP contribution in [0.15, 0.2) is 10.7 Å². The molecule has 1 N–H and O–H groups in total. The Bertz CT molecular complexity index is 308. The lowest BCUT2D eigenvalue weighted by molar-refractivity contribution is 0.0445. The quantitative estimate of drug-likeness (QED) is 0.817. The van der Waals surface area contributed by atoms with Crippen molar-refractivity contribution in [2.45, 2.75) is 19.4 Å². The molecule has 5 nitrogen and oxygen atoms in total. The number of oxazole rings is 1. The van der Waals surface area contributed by atoms with Gasteiger partial charge in [0.25, 0.3) is 0 Å². The van der Waals surface area contributed by atoms with Gasteiger partial charge >= 0.3 is 6.08 Å². The van der Waals surface area contributed by atoms with E-state index in [-0.39, 0.29) is 0 Å². The molecule has 2 heterocycles. The van der Waals surface area contributed by atoms with Crippen LogP contribution in [0.3, 0.4) is 0 Å². The van der Waals surface area contributed by atoms with E-state index in [9.17, 15) is 0 Å². The van der Waals surface area contributed by atoms with Crippen molar-refractivity contribution in [2.75, 3.05) is 26.9 Å². The van der Waals surface area contributed by atoms with Gasteiger partial charge in [-0.25, -0.2) is 0 Å². The Morgan fingerprint density at radius 3 is 3.06 bits per heavy atom. The van der Waals surface area contributed by atoms with E-state index in [1.807, 2.05) is 7.05 Å². The fraction of sp³-hybridized carbons (Fsp3) is 0.727. The Balaban J connectivity index is 1.75. The van der Waals surface area contributed by atoms with E-state index in [0.717, 1.165) is 31.7 Å². The number of hydrogen-bond donors (Lipinski definition) is 1. The molecule has 0 atom stereocenters. The first-order valence-electron chi connectivity index (χ1n) is 5.68. The van der Waals surface area contributed by atoms with Gasteiger partial charge in [0, 0.05) is 19.8 Å². The molecule has 2 rings (SSSR count). The Morgan fingerprint density at radius 2 is 2.31 bits per heavy atom. The van der Waals surface area contributed by atoms with Crippen LogP contribution in [0.1, 0.15) is 18.5 Å². The fourth-order valence-corrected chi connectivity index (χ4v) is 1.72. The molecule has 0 amide bonds. The van der Waals surface area contributed by atoms with Gasteiger partial charge < -0.3 is 19.2 Å². The Kier molecular flexibility index (Phi) is 4.18. The number of nitrogens with zero attached hydrogens (tertiary/aromatic N) is 1. The van der Waals surface area contributed by atoms with Crippen molar-refractivity contribution in [2.24, 2.45) is 5.92 Å². The monoisotopic (exact) mass is 226 g/mol. The lowest BCUT2D eigenvalue weighted by Crippen LogP contribution is -2.21. The number of ether oxygens (including phenoxy) is 2. The Morgan fingerprint density at radius 1 is 1.50 bits per heavy atom. The molecule has 0 aromatic carbocycles. The van der Waals surface area contributed by atoms with Crippen LogP contribution in [0.4, 0.5) is 0 Å². The smallest absolute Gasteiger partial charge is 0.393 e. The summed E-state index contributed by atoms with van der Waals surface area (Å²) in [6.07, 6.45) is 4.11. The van der Waals surface area contributed by atoms with Crippen molar-refractivity contribution in [3.05, 3.63) is 12.0 Å². The molecule has 1 saturated heterocycles. The average Bonchev–Trinajstić information content (AvgIpc) is 2.76. The van der Waals surface area contributed by atoms with Crippen LogP contribution in [0.25, 0.3) is 0 Å². The minimum Gasteiger partial charge on any atom is -0.450 e. The molecule has 1 aliphatic heterocycles. The number of aromatic nitrogens is 1. The lowest BCUT2D eigenvalue weighted by Gasteiger charge is -2.20. The van der Waals surface area contributed by atoms with Crippen LogP contribution in [0.5, 0.6) is 6.08 Å². The third-order valence-electron chi connectivity index (χ3n) is 2.67. The van der Waals surface area contributed by atoms with Crippen molar-refractivity contribution in [3.63, 3.8) is 0 Å². The summed E-state index contributed by atoms with van der Waals surface area (Å²) in [7, 11) is 1.87. The number of hydrogen-bond acceptors (Lipinski definition) is 5. The minimum atomic E-state index is 0.372. The van der Waals surface area contributed by atoms with Gasteiger partial charge in [-0.05, 0) is 25.8 Å². The Hall–Kier alpha value is -1.07. The highest BCUT2D eigenvalue weighted by molar-refractivity contribution is 4.99. The maximum Gasteiger partial charge on any atom is 0.393 e. The third kappa shape index (κ3) is 3.21. The van der Waals surface area contributed by atoms with E-state index in [4.69, 9.17) is 13.9 Å². The van der Waals surface area contributed by atoms with Gasteiger partial charge in [0.05, 0.1) is 12.3 Å². The third-order valence-corrected chi connectivity index (χ3v) is 2.67. The van der Waals surface area contributed by atoms with Gasteiger partial charge in [-0.15, -0.1) is 0 Å². The molecule has 1 fully saturated rings. The normalized spacial score (nSPS) is 17.6. The van der Waals surface area contributed by atoms with Crippen LogP contribution in [-0.4, -0.2) is 31.9 Å². The summed E-state index contributed by atoms with van der Waals surface area (Å²) in [6.45, 7) is 3.04. The molecule has 90 valence electrons. The van der Waals surface area contributed by atoms with E-state index in [0.29, 0.717) is 25.1 Å². The lowest BCUT2D eigenvalue weighted by atomic mass is 10.0. The van der Waals surface area contributed by atoms with Crippen molar-refractivity contribution >= 4 is 0 Å². The van der Waals surface area contributed by atoms with Crippen molar-refractivity contribution in [3.8, 4) is 6.08 Å². The molecule has 5 heteroatoms. The van der Waals surface area contributed by atoms with Crippen LogP contribution in [0.2, 0.25) is 0 Å². The summed E-state index contributed by atoms with van der Waals surface area (Å²) < 4.78 is 16.0. The van der Waals surface area contributed by atoms with Gasteiger partial charge in [-0.1, -0.05) is 0 Å². The minimum absolute atomic E-state index is 0.372. The van der Waals surface area contributed by atoms with E-state index in [2.05, 4.69) is 10.3 Å². The molecule has 0 bridgehead atoms. The standard InChI is InChI=1S/C11H18N2O3/c1-12-6-10-8-16-11(13-10)15-7-9-2-4-14-5-3-9/h8-9,12H,2-7H2,1H3. The van der Waals surface area contributed by atoms with Crippen LogP contribution < -0.4 is 10.1 Å². The highest BCUT2D eigenvalue weighted by Crippen LogP contribution is 2.17. The van der Waals surface area contributed by atoms with Crippen molar-refractivity contribution in [1.82, 2.24) is 10.3 Å². The predicted octanol–water partition coefficient (Wildman–Crippen LogP) is 1.20. The van der Waals surface area contributed by atoms with Gasteiger partial charge in [-0.3, -0.25) is 0 Å². The highest BCUT2D eigenvalue weighted by atomic mass is 16.6. The molecule has 16 heavy (non-hydrogen) atoms. The number of nitrogens with one attached hydrogen (secondary N) is 1. The molecule has 0 radical (unpaired) electrons. The second-order valence-electron chi connectivity index (χ2n) is 4.00. The first kappa shape index (κ1) is 11.4. The first-order valence-corrected chi connectivity index (χ1v) is 5.68. The molecule has 1 aromatic heterocycles. The van der Waals surface area contributed by atoms with E-state index in [1.54, 1.807) is 6.26 Å². The molecule has 0 unspecified atom stereocenters. The second kappa shape index (κ2) is 5.86.